The molecule has 6 heteroatoms. The van der Waals surface area contributed by atoms with Crippen LogP contribution in [0, 0.1) is 0 Å². The van der Waals surface area contributed by atoms with Crippen molar-refractivity contribution in [2.75, 3.05) is 26.2 Å². The van der Waals surface area contributed by atoms with Crippen LogP contribution in [0.25, 0.3) is 0 Å². The molecule has 0 radical (unpaired) electrons. The zero-order valence-corrected chi connectivity index (χ0v) is 12.3. The van der Waals surface area contributed by atoms with E-state index in [0.29, 0.717) is 0 Å². The van der Waals surface area contributed by atoms with Crippen molar-refractivity contribution in [1.82, 2.24) is 14.8 Å². The van der Waals surface area contributed by atoms with Crippen LogP contribution >= 0.6 is 12.4 Å². The van der Waals surface area contributed by atoms with Gasteiger partial charge >= 0.3 is 0 Å². The molecule has 0 spiro atoms. The monoisotopic (exact) mass is 296 g/mol. The summed E-state index contributed by atoms with van der Waals surface area (Å²) in [5.74, 6) is 0.149. The number of halogens is 1. The van der Waals surface area contributed by atoms with Gasteiger partial charge in [0.05, 0.1) is 5.54 Å². The number of amides is 1. The molecule has 0 bridgehead atoms. The number of rotatable bonds is 3. The largest absolute Gasteiger partial charge is 0.339 e. The van der Waals surface area contributed by atoms with Crippen molar-refractivity contribution in [3.63, 3.8) is 0 Å². The first-order valence-electron chi connectivity index (χ1n) is 6.87. The molecule has 3 rings (SSSR count). The highest BCUT2D eigenvalue weighted by Crippen LogP contribution is 2.34. The standard InChI is InChI=1S/C14H20N4O.ClH/c15-14(3-4-14)13(19)18-9-7-17(8-10-18)11-12-1-5-16-6-2-12;/h1-2,5-6H,3-4,7-11,15H2;1H. The van der Waals surface area contributed by atoms with Crippen LogP contribution in [0.4, 0.5) is 0 Å². The van der Waals surface area contributed by atoms with Gasteiger partial charge in [-0.2, -0.15) is 0 Å². The Morgan fingerprint density at radius 1 is 1.20 bits per heavy atom. The third-order valence-corrected chi connectivity index (χ3v) is 4.03. The lowest BCUT2D eigenvalue weighted by Gasteiger charge is -2.36. The highest BCUT2D eigenvalue weighted by molar-refractivity contribution is 5.89. The van der Waals surface area contributed by atoms with Crippen LogP contribution in [0.2, 0.25) is 0 Å². The van der Waals surface area contributed by atoms with Gasteiger partial charge in [0.2, 0.25) is 5.91 Å². The minimum absolute atomic E-state index is 0. The lowest BCUT2D eigenvalue weighted by atomic mass is 10.2. The Hall–Kier alpha value is -1.17. The number of carbonyl (C=O) groups excluding carboxylic acids is 1. The Bertz CT molecular complexity index is 456. The third kappa shape index (κ3) is 3.29. The van der Waals surface area contributed by atoms with E-state index in [1.165, 1.54) is 5.56 Å². The Morgan fingerprint density at radius 2 is 1.80 bits per heavy atom. The van der Waals surface area contributed by atoms with E-state index in [1.54, 1.807) is 0 Å². The molecule has 1 aromatic heterocycles. The Morgan fingerprint density at radius 3 is 2.35 bits per heavy atom. The minimum Gasteiger partial charge on any atom is -0.339 e. The fraction of sp³-hybridized carbons (Fsp3) is 0.571. The number of hydrogen-bond donors (Lipinski definition) is 1. The van der Waals surface area contributed by atoms with E-state index < -0.39 is 5.54 Å². The van der Waals surface area contributed by atoms with Crippen LogP contribution in [-0.4, -0.2) is 52.4 Å². The maximum absolute atomic E-state index is 12.1. The zero-order valence-electron chi connectivity index (χ0n) is 11.5. The number of aromatic nitrogens is 1. The van der Waals surface area contributed by atoms with Crippen LogP contribution in [0.15, 0.2) is 24.5 Å². The molecular weight excluding hydrogens is 276 g/mol. The molecule has 1 saturated carbocycles. The van der Waals surface area contributed by atoms with E-state index in [0.717, 1.165) is 45.6 Å². The summed E-state index contributed by atoms with van der Waals surface area (Å²) in [5.41, 5.74) is 6.72. The summed E-state index contributed by atoms with van der Waals surface area (Å²) in [6, 6.07) is 4.08. The first-order valence-corrected chi connectivity index (χ1v) is 6.87. The Labute approximate surface area is 125 Å². The second-order valence-electron chi connectivity index (χ2n) is 5.58. The average Bonchev–Trinajstić information content (AvgIpc) is 3.19. The van der Waals surface area contributed by atoms with Crippen molar-refractivity contribution in [3.8, 4) is 0 Å². The van der Waals surface area contributed by atoms with Gasteiger partial charge in [-0.25, -0.2) is 0 Å². The highest BCUT2D eigenvalue weighted by Gasteiger charge is 2.48. The highest BCUT2D eigenvalue weighted by atomic mass is 35.5. The predicted molar refractivity (Wildman–Crippen MR) is 79.5 cm³/mol. The summed E-state index contributed by atoms with van der Waals surface area (Å²) in [5, 5.41) is 0. The SMILES string of the molecule is Cl.NC1(C(=O)N2CCN(Cc3ccncc3)CC2)CC1. The number of nitrogens with two attached hydrogens (primary N) is 1. The zero-order chi connectivity index (χ0) is 13.3. The molecule has 110 valence electrons. The summed E-state index contributed by atoms with van der Waals surface area (Å²) in [6.07, 6.45) is 5.34. The molecule has 2 N–H and O–H groups in total. The number of nitrogens with zero attached hydrogens (tertiary/aromatic N) is 3. The molecule has 1 aromatic rings. The van der Waals surface area contributed by atoms with Gasteiger partial charge in [0.15, 0.2) is 0 Å². The fourth-order valence-corrected chi connectivity index (χ4v) is 2.52. The van der Waals surface area contributed by atoms with Crippen molar-refractivity contribution < 1.29 is 4.79 Å². The molecule has 5 nitrogen and oxygen atoms in total. The minimum atomic E-state index is -0.521. The first-order chi connectivity index (χ1) is 9.17. The van der Waals surface area contributed by atoms with Gasteiger partial charge in [-0.1, -0.05) is 0 Å². The second kappa shape index (κ2) is 6.08. The lowest BCUT2D eigenvalue weighted by molar-refractivity contribution is -0.135. The predicted octanol–water partition coefficient (Wildman–Crippen LogP) is 0.639. The number of pyridine rings is 1. The summed E-state index contributed by atoms with van der Waals surface area (Å²) in [4.78, 5) is 20.4. The van der Waals surface area contributed by atoms with E-state index in [9.17, 15) is 4.79 Å². The molecule has 2 aliphatic rings. The van der Waals surface area contributed by atoms with Gasteiger partial charge in [0, 0.05) is 45.1 Å². The molecule has 20 heavy (non-hydrogen) atoms. The third-order valence-electron chi connectivity index (χ3n) is 4.03. The van der Waals surface area contributed by atoms with Crippen molar-refractivity contribution >= 4 is 18.3 Å². The smallest absolute Gasteiger partial charge is 0.242 e. The number of carbonyl (C=O) groups is 1. The molecule has 0 atom stereocenters. The Kier molecular flexibility index (Phi) is 4.62. The van der Waals surface area contributed by atoms with Crippen LogP contribution < -0.4 is 5.73 Å². The fourth-order valence-electron chi connectivity index (χ4n) is 2.52. The second-order valence-corrected chi connectivity index (χ2v) is 5.58. The first kappa shape index (κ1) is 15.2. The van der Waals surface area contributed by atoms with Gasteiger partial charge in [-0.3, -0.25) is 14.7 Å². The summed E-state index contributed by atoms with van der Waals surface area (Å²) >= 11 is 0. The molecule has 1 aliphatic carbocycles. The van der Waals surface area contributed by atoms with Crippen molar-refractivity contribution in [1.29, 1.82) is 0 Å². The maximum atomic E-state index is 12.1. The lowest BCUT2D eigenvalue weighted by Crippen LogP contribution is -2.53. The van der Waals surface area contributed by atoms with Crippen LogP contribution in [0.1, 0.15) is 18.4 Å². The van der Waals surface area contributed by atoms with Gasteiger partial charge in [-0.15, -0.1) is 12.4 Å². The van der Waals surface area contributed by atoms with E-state index in [1.807, 2.05) is 29.4 Å². The molecule has 0 unspecified atom stereocenters. The van der Waals surface area contributed by atoms with E-state index in [2.05, 4.69) is 9.88 Å². The van der Waals surface area contributed by atoms with Gasteiger partial charge in [-0.05, 0) is 30.5 Å². The number of hydrogen-bond acceptors (Lipinski definition) is 4. The van der Waals surface area contributed by atoms with Gasteiger partial charge < -0.3 is 10.6 Å². The molecule has 2 fully saturated rings. The topological polar surface area (TPSA) is 62.5 Å². The molecule has 1 amide bonds. The number of piperazine rings is 1. The van der Waals surface area contributed by atoms with Crippen molar-refractivity contribution in [2.45, 2.75) is 24.9 Å². The Balaban J connectivity index is 0.00000147. The molecule has 1 saturated heterocycles. The molecular formula is C14H21ClN4O. The van der Waals surface area contributed by atoms with Crippen LogP contribution in [0.5, 0.6) is 0 Å². The average molecular weight is 297 g/mol. The quantitative estimate of drug-likeness (QED) is 0.889. The van der Waals surface area contributed by atoms with Crippen LogP contribution in [0.3, 0.4) is 0 Å². The van der Waals surface area contributed by atoms with Crippen molar-refractivity contribution in [3.05, 3.63) is 30.1 Å². The van der Waals surface area contributed by atoms with Crippen LogP contribution in [-0.2, 0) is 11.3 Å². The summed E-state index contributed by atoms with van der Waals surface area (Å²) < 4.78 is 0. The van der Waals surface area contributed by atoms with E-state index in [-0.39, 0.29) is 18.3 Å². The molecule has 2 heterocycles. The summed E-state index contributed by atoms with van der Waals surface area (Å²) in [6.45, 7) is 4.36. The molecule has 0 aromatic carbocycles. The van der Waals surface area contributed by atoms with Gasteiger partial charge in [0.25, 0.3) is 0 Å². The maximum Gasteiger partial charge on any atom is 0.242 e. The molecule has 1 aliphatic heterocycles. The van der Waals surface area contributed by atoms with Gasteiger partial charge in [0.1, 0.15) is 0 Å². The summed E-state index contributed by atoms with van der Waals surface area (Å²) in [7, 11) is 0. The van der Waals surface area contributed by atoms with Crippen molar-refractivity contribution in [2.24, 2.45) is 5.73 Å². The van der Waals surface area contributed by atoms with E-state index >= 15 is 0 Å². The normalized spacial score (nSPS) is 21.1. The van der Waals surface area contributed by atoms with E-state index in [4.69, 9.17) is 5.73 Å².